The first-order valence-corrected chi connectivity index (χ1v) is 4.42. The molecule has 1 aliphatic carbocycles. The summed E-state index contributed by atoms with van der Waals surface area (Å²) < 4.78 is 0. The number of amides is 1. The predicted octanol–water partition coefficient (Wildman–Crippen LogP) is 1.54. The van der Waals surface area contributed by atoms with Gasteiger partial charge in [-0.1, -0.05) is 20.3 Å². The van der Waals surface area contributed by atoms with Crippen LogP contribution in [0.25, 0.3) is 0 Å². The van der Waals surface area contributed by atoms with Crippen LogP contribution < -0.4 is 5.73 Å². The Morgan fingerprint density at radius 1 is 1.45 bits per heavy atom. The Balaban J connectivity index is 2.58. The van der Waals surface area contributed by atoms with E-state index in [-0.39, 0.29) is 11.8 Å². The zero-order valence-electron chi connectivity index (χ0n) is 7.34. The molecule has 2 heteroatoms. The maximum atomic E-state index is 10.9. The second-order valence-electron chi connectivity index (χ2n) is 3.85. The van der Waals surface area contributed by atoms with Gasteiger partial charge in [0.1, 0.15) is 0 Å². The lowest BCUT2D eigenvalue weighted by molar-refractivity contribution is -0.123. The van der Waals surface area contributed by atoms with Gasteiger partial charge in [0.2, 0.25) is 5.91 Å². The van der Waals surface area contributed by atoms with Gasteiger partial charge in [-0.25, -0.2) is 0 Å². The molecule has 2 atom stereocenters. The van der Waals surface area contributed by atoms with Crippen LogP contribution >= 0.6 is 0 Å². The summed E-state index contributed by atoms with van der Waals surface area (Å²) in [7, 11) is 0. The van der Waals surface area contributed by atoms with Crippen molar-refractivity contribution in [3.05, 3.63) is 0 Å². The fraction of sp³-hybridized carbons (Fsp3) is 0.889. The normalized spacial score (nSPS) is 31.2. The zero-order chi connectivity index (χ0) is 8.43. The van der Waals surface area contributed by atoms with Crippen molar-refractivity contribution in [2.45, 2.75) is 33.1 Å². The highest BCUT2D eigenvalue weighted by Crippen LogP contribution is 2.36. The number of carbonyl (C=O) groups excluding carboxylic acids is 1. The Morgan fingerprint density at radius 2 is 2.09 bits per heavy atom. The molecular weight excluding hydrogens is 138 g/mol. The summed E-state index contributed by atoms with van der Waals surface area (Å²) in [6.07, 6.45) is 3.37. The minimum Gasteiger partial charge on any atom is -0.369 e. The van der Waals surface area contributed by atoms with Gasteiger partial charge in [0.15, 0.2) is 0 Å². The molecule has 0 saturated heterocycles. The van der Waals surface area contributed by atoms with Crippen LogP contribution in [0.2, 0.25) is 0 Å². The minimum absolute atomic E-state index is 0.0961. The van der Waals surface area contributed by atoms with Crippen molar-refractivity contribution < 1.29 is 4.79 Å². The van der Waals surface area contributed by atoms with Gasteiger partial charge in [-0.2, -0.15) is 0 Å². The van der Waals surface area contributed by atoms with Crippen LogP contribution in [-0.2, 0) is 4.79 Å². The quantitative estimate of drug-likeness (QED) is 0.646. The van der Waals surface area contributed by atoms with E-state index in [4.69, 9.17) is 5.73 Å². The topological polar surface area (TPSA) is 43.1 Å². The summed E-state index contributed by atoms with van der Waals surface area (Å²) in [5.74, 6) is 1.22. The number of hydrogen-bond acceptors (Lipinski definition) is 1. The average Bonchev–Trinajstić information content (AvgIpc) is 2.32. The molecule has 1 aliphatic rings. The van der Waals surface area contributed by atoms with Gasteiger partial charge >= 0.3 is 0 Å². The number of primary amides is 1. The van der Waals surface area contributed by atoms with Gasteiger partial charge < -0.3 is 5.73 Å². The summed E-state index contributed by atoms with van der Waals surface area (Å²) in [4.78, 5) is 10.9. The first-order valence-electron chi connectivity index (χ1n) is 4.42. The van der Waals surface area contributed by atoms with Crippen LogP contribution in [-0.4, -0.2) is 5.91 Å². The number of hydrogen-bond donors (Lipinski definition) is 1. The highest BCUT2D eigenvalue weighted by Gasteiger charge is 2.32. The highest BCUT2D eigenvalue weighted by molar-refractivity contribution is 5.77. The second kappa shape index (κ2) is 3.24. The molecule has 0 aromatic rings. The van der Waals surface area contributed by atoms with Crippen LogP contribution in [0, 0.1) is 17.8 Å². The molecule has 64 valence electrons. The van der Waals surface area contributed by atoms with Crippen molar-refractivity contribution in [2.24, 2.45) is 23.5 Å². The second-order valence-corrected chi connectivity index (χ2v) is 3.85. The van der Waals surface area contributed by atoms with Crippen molar-refractivity contribution in [1.82, 2.24) is 0 Å². The van der Waals surface area contributed by atoms with E-state index >= 15 is 0 Å². The van der Waals surface area contributed by atoms with Crippen molar-refractivity contribution in [2.75, 3.05) is 0 Å². The van der Waals surface area contributed by atoms with Gasteiger partial charge in [0.25, 0.3) is 0 Å². The Hall–Kier alpha value is -0.530. The average molecular weight is 155 g/mol. The summed E-state index contributed by atoms with van der Waals surface area (Å²) in [5, 5.41) is 0. The maximum Gasteiger partial charge on any atom is 0.220 e. The fourth-order valence-corrected chi connectivity index (χ4v) is 2.14. The van der Waals surface area contributed by atoms with E-state index in [0.29, 0.717) is 11.8 Å². The molecule has 0 radical (unpaired) electrons. The lowest BCUT2D eigenvalue weighted by atomic mass is 9.86. The largest absolute Gasteiger partial charge is 0.369 e. The van der Waals surface area contributed by atoms with Crippen LogP contribution in [0.15, 0.2) is 0 Å². The van der Waals surface area contributed by atoms with Crippen molar-refractivity contribution in [1.29, 1.82) is 0 Å². The van der Waals surface area contributed by atoms with Crippen molar-refractivity contribution >= 4 is 5.91 Å². The molecule has 0 spiro atoms. The van der Waals surface area contributed by atoms with E-state index in [2.05, 4.69) is 13.8 Å². The molecule has 0 unspecified atom stereocenters. The third kappa shape index (κ3) is 1.73. The van der Waals surface area contributed by atoms with E-state index in [1.807, 2.05) is 0 Å². The summed E-state index contributed by atoms with van der Waals surface area (Å²) in [6.45, 7) is 4.35. The number of rotatable bonds is 2. The van der Waals surface area contributed by atoms with Crippen LogP contribution in [0.4, 0.5) is 0 Å². The molecule has 2 nitrogen and oxygen atoms in total. The van der Waals surface area contributed by atoms with Gasteiger partial charge in [-0.3, -0.25) is 4.79 Å². The van der Waals surface area contributed by atoms with Gasteiger partial charge in [0.05, 0.1) is 0 Å². The molecule has 0 aromatic heterocycles. The first kappa shape index (κ1) is 8.57. The molecular formula is C9H17NO. The molecule has 11 heavy (non-hydrogen) atoms. The fourth-order valence-electron chi connectivity index (χ4n) is 2.14. The predicted molar refractivity (Wildman–Crippen MR) is 44.9 cm³/mol. The molecule has 0 heterocycles. The van der Waals surface area contributed by atoms with Crippen molar-refractivity contribution in [3.8, 4) is 0 Å². The highest BCUT2D eigenvalue weighted by atomic mass is 16.1. The van der Waals surface area contributed by atoms with Gasteiger partial charge in [0, 0.05) is 5.92 Å². The van der Waals surface area contributed by atoms with E-state index in [0.717, 1.165) is 6.42 Å². The molecule has 1 fully saturated rings. The van der Waals surface area contributed by atoms with Crippen LogP contribution in [0.3, 0.4) is 0 Å². The monoisotopic (exact) mass is 155 g/mol. The standard InChI is InChI=1S/C9H17NO/c1-6(2)7-4-3-5-8(7)9(10)11/h6-8H,3-5H2,1-2H3,(H2,10,11)/t7-,8+/m0/s1. The summed E-state index contributed by atoms with van der Waals surface area (Å²) in [5.41, 5.74) is 5.29. The van der Waals surface area contributed by atoms with E-state index < -0.39 is 0 Å². The van der Waals surface area contributed by atoms with E-state index in [1.165, 1.54) is 12.8 Å². The third-order valence-corrected chi connectivity index (χ3v) is 2.79. The molecule has 0 aliphatic heterocycles. The number of carbonyl (C=O) groups is 1. The Bertz CT molecular complexity index is 154. The summed E-state index contributed by atoms with van der Waals surface area (Å²) >= 11 is 0. The Morgan fingerprint density at radius 3 is 2.45 bits per heavy atom. The number of nitrogens with two attached hydrogens (primary N) is 1. The van der Waals surface area contributed by atoms with Crippen molar-refractivity contribution in [3.63, 3.8) is 0 Å². The van der Waals surface area contributed by atoms with E-state index in [1.54, 1.807) is 0 Å². The smallest absolute Gasteiger partial charge is 0.220 e. The third-order valence-electron chi connectivity index (χ3n) is 2.79. The Kier molecular flexibility index (Phi) is 2.53. The lowest BCUT2D eigenvalue weighted by Gasteiger charge is -2.19. The Labute approximate surface area is 68.2 Å². The molecule has 0 bridgehead atoms. The maximum absolute atomic E-state index is 10.9. The molecule has 1 rings (SSSR count). The van der Waals surface area contributed by atoms with Gasteiger partial charge in [-0.15, -0.1) is 0 Å². The zero-order valence-corrected chi connectivity index (χ0v) is 7.34. The molecule has 1 amide bonds. The molecule has 1 saturated carbocycles. The van der Waals surface area contributed by atoms with Crippen LogP contribution in [0.1, 0.15) is 33.1 Å². The van der Waals surface area contributed by atoms with Gasteiger partial charge in [-0.05, 0) is 24.7 Å². The first-order chi connectivity index (χ1) is 5.13. The summed E-state index contributed by atoms with van der Waals surface area (Å²) in [6, 6.07) is 0. The van der Waals surface area contributed by atoms with Crippen LogP contribution in [0.5, 0.6) is 0 Å². The molecule has 0 aromatic carbocycles. The van der Waals surface area contributed by atoms with E-state index in [9.17, 15) is 4.79 Å². The lowest BCUT2D eigenvalue weighted by Crippen LogP contribution is -2.28. The molecule has 2 N–H and O–H groups in total. The minimum atomic E-state index is -0.0961. The SMILES string of the molecule is CC(C)[C@@H]1CCC[C@H]1C(N)=O.